The van der Waals surface area contributed by atoms with Crippen molar-refractivity contribution in [1.82, 2.24) is 14.9 Å². The summed E-state index contributed by atoms with van der Waals surface area (Å²) in [6, 6.07) is 8.67. The highest BCUT2D eigenvalue weighted by atomic mass is 32.1. The van der Waals surface area contributed by atoms with Crippen LogP contribution in [0.2, 0.25) is 0 Å². The molecule has 3 aromatic rings. The van der Waals surface area contributed by atoms with Gasteiger partial charge in [-0.3, -0.25) is 4.90 Å². The molecule has 1 aromatic carbocycles. The summed E-state index contributed by atoms with van der Waals surface area (Å²) in [6.45, 7) is 4.45. The summed E-state index contributed by atoms with van der Waals surface area (Å²) in [4.78, 5) is 14.3. The summed E-state index contributed by atoms with van der Waals surface area (Å²) in [5, 5.41) is 4.29. The van der Waals surface area contributed by atoms with Crippen LogP contribution in [0, 0.1) is 5.82 Å². The Morgan fingerprint density at radius 2 is 1.90 bits per heavy atom. The average molecular weight is 425 g/mol. The first-order valence-electron chi connectivity index (χ1n) is 10.6. The molecule has 2 aliphatic heterocycles. The van der Waals surface area contributed by atoms with Crippen LogP contribution in [0.25, 0.3) is 0 Å². The predicted molar refractivity (Wildman–Crippen MR) is 117 cm³/mol. The highest BCUT2D eigenvalue weighted by Gasteiger charge is 2.26. The summed E-state index contributed by atoms with van der Waals surface area (Å²) in [7, 11) is 0. The molecule has 5 rings (SSSR count). The minimum atomic E-state index is -0.379. The standard InChI is InChI=1S/C23H25FN4OS/c24-19-6-2-3-7-21(19)29-22-18-15-27(14-17-9-13-30-16-17)12-8-20(18)25-23(26-22)28-10-4-1-5-11-28/h2-3,6-7,9,13,16H,1,4-5,8,10-12,14-15H2. The smallest absolute Gasteiger partial charge is 0.229 e. The fourth-order valence-corrected chi connectivity index (χ4v) is 4.81. The number of benzene rings is 1. The van der Waals surface area contributed by atoms with Crippen molar-refractivity contribution in [3.05, 3.63) is 63.7 Å². The molecular formula is C23H25FN4OS. The Hall–Kier alpha value is -2.51. The van der Waals surface area contributed by atoms with E-state index in [1.807, 2.05) is 0 Å². The average Bonchev–Trinajstić information content (AvgIpc) is 3.29. The van der Waals surface area contributed by atoms with Crippen LogP contribution in [-0.4, -0.2) is 34.5 Å². The van der Waals surface area contributed by atoms with Crippen molar-refractivity contribution in [2.75, 3.05) is 24.5 Å². The maximum atomic E-state index is 14.3. The Bertz CT molecular complexity index is 1000. The van der Waals surface area contributed by atoms with Gasteiger partial charge in [0.1, 0.15) is 0 Å². The maximum absolute atomic E-state index is 14.3. The zero-order chi connectivity index (χ0) is 20.3. The zero-order valence-corrected chi connectivity index (χ0v) is 17.7. The van der Waals surface area contributed by atoms with Gasteiger partial charge in [0.15, 0.2) is 11.6 Å². The van der Waals surface area contributed by atoms with Crippen molar-refractivity contribution >= 4 is 17.3 Å². The molecule has 1 saturated heterocycles. The molecule has 0 saturated carbocycles. The molecular weight excluding hydrogens is 399 g/mol. The summed E-state index contributed by atoms with van der Waals surface area (Å²) in [6.07, 6.45) is 4.39. The van der Waals surface area contributed by atoms with Crippen molar-refractivity contribution in [1.29, 1.82) is 0 Å². The third-order valence-electron chi connectivity index (χ3n) is 5.76. The molecule has 0 aliphatic carbocycles. The SMILES string of the molecule is Fc1ccccc1Oc1nc(N2CCCCC2)nc2c1CN(Cc1ccsc1)CC2. The van der Waals surface area contributed by atoms with Gasteiger partial charge in [-0.25, -0.2) is 9.37 Å². The van der Waals surface area contributed by atoms with E-state index >= 15 is 0 Å². The molecule has 0 spiro atoms. The van der Waals surface area contributed by atoms with E-state index in [2.05, 4.69) is 26.6 Å². The van der Waals surface area contributed by atoms with Gasteiger partial charge in [0.25, 0.3) is 0 Å². The quantitative estimate of drug-likeness (QED) is 0.575. The summed E-state index contributed by atoms with van der Waals surface area (Å²) >= 11 is 1.71. The molecule has 0 N–H and O–H groups in total. The molecule has 4 heterocycles. The predicted octanol–water partition coefficient (Wildman–Crippen LogP) is 5.02. The summed E-state index contributed by atoms with van der Waals surface area (Å²) < 4.78 is 20.3. The molecule has 7 heteroatoms. The van der Waals surface area contributed by atoms with Crippen molar-refractivity contribution in [3.8, 4) is 11.6 Å². The van der Waals surface area contributed by atoms with Crippen molar-refractivity contribution in [2.45, 2.75) is 38.8 Å². The fraction of sp³-hybridized carbons (Fsp3) is 0.391. The Morgan fingerprint density at radius 1 is 1.03 bits per heavy atom. The van der Waals surface area contributed by atoms with Gasteiger partial charge in [-0.1, -0.05) is 12.1 Å². The molecule has 156 valence electrons. The number of ether oxygens (including phenoxy) is 1. The van der Waals surface area contributed by atoms with E-state index in [0.29, 0.717) is 18.4 Å². The number of halogens is 1. The van der Waals surface area contributed by atoms with Crippen LogP contribution in [0.5, 0.6) is 11.6 Å². The normalized spacial score (nSPS) is 17.0. The molecule has 0 bridgehead atoms. The Balaban J connectivity index is 1.48. The summed E-state index contributed by atoms with van der Waals surface area (Å²) in [5.74, 6) is 1.03. The number of anilines is 1. The van der Waals surface area contributed by atoms with Gasteiger partial charge in [-0.15, -0.1) is 0 Å². The molecule has 0 atom stereocenters. The van der Waals surface area contributed by atoms with E-state index in [9.17, 15) is 4.39 Å². The summed E-state index contributed by atoms with van der Waals surface area (Å²) in [5.41, 5.74) is 3.31. The second kappa shape index (κ2) is 8.70. The number of rotatable bonds is 5. The Morgan fingerprint density at radius 3 is 2.70 bits per heavy atom. The number of para-hydroxylation sites is 1. The molecule has 2 aromatic heterocycles. The maximum Gasteiger partial charge on any atom is 0.229 e. The fourth-order valence-electron chi connectivity index (χ4n) is 4.15. The minimum Gasteiger partial charge on any atom is -0.435 e. The zero-order valence-electron chi connectivity index (χ0n) is 16.9. The number of piperidine rings is 1. The first-order valence-corrected chi connectivity index (χ1v) is 11.5. The number of hydrogen-bond acceptors (Lipinski definition) is 6. The van der Waals surface area contributed by atoms with Gasteiger partial charge in [0.2, 0.25) is 11.8 Å². The van der Waals surface area contributed by atoms with E-state index in [0.717, 1.165) is 56.7 Å². The lowest BCUT2D eigenvalue weighted by molar-refractivity contribution is 0.238. The van der Waals surface area contributed by atoms with Gasteiger partial charge >= 0.3 is 0 Å². The van der Waals surface area contributed by atoms with E-state index in [-0.39, 0.29) is 11.6 Å². The lowest BCUT2D eigenvalue weighted by Gasteiger charge is -2.31. The van der Waals surface area contributed by atoms with Crippen LogP contribution in [0.4, 0.5) is 10.3 Å². The highest BCUT2D eigenvalue weighted by Crippen LogP contribution is 2.33. The van der Waals surface area contributed by atoms with Crippen LogP contribution >= 0.6 is 11.3 Å². The largest absolute Gasteiger partial charge is 0.435 e. The number of aromatic nitrogens is 2. The number of hydrogen-bond donors (Lipinski definition) is 0. The van der Waals surface area contributed by atoms with E-state index in [4.69, 9.17) is 14.7 Å². The molecule has 5 nitrogen and oxygen atoms in total. The highest BCUT2D eigenvalue weighted by molar-refractivity contribution is 7.07. The topological polar surface area (TPSA) is 41.5 Å². The third kappa shape index (κ3) is 4.18. The van der Waals surface area contributed by atoms with E-state index in [1.54, 1.807) is 29.5 Å². The lowest BCUT2D eigenvalue weighted by Crippen LogP contribution is -2.34. The third-order valence-corrected chi connectivity index (χ3v) is 6.49. The van der Waals surface area contributed by atoms with Crippen molar-refractivity contribution in [2.24, 2.45) is 0 Å². The van der Waals surface area contributed by atoms with Gasteiger partial charge in [-0.05, 0) is 53.8 Å². The number of fused-ring (bicyclic) bond motifs is 1. The lowest BCUT2D eigenvalue weighted by atomic mass is 10.1. The van der Waals surface area contributed by atoms with Crippen LogP contribution in [0.3, 0.4) is 0 Å². The first kappa shape index (κ1) is 19.5. The first-order chi connectivity index (χ1) is 14.8. The monoisotopic (exact) mass is 424 g/mol. The van der Waals surface area contributed by atoms with Gasteiger partial charge in [0.05, 0.1) is 11.3 Å². The van der Waals surface area contributed by atoms with Crippen molar-refractivity contribution < 1.29 is 9.13 Å². The molecule has 0 radical (unpaired) electrons. The van der Waals surface area contributed by atoms with Crippen LogP contribution in [0.15, 0.2) is 41.1 Å². The Kier molecular flexibility index (Phi) is 5.64. The number of thiophene rings is 1. The van der Waals surface area contributed by atoms with Crippen LogP contribution in [0.1, 0.15) is 36.1 Å². The van der Waals surface area contributed by atoms with E-state index < -0.39 is 0 Å². The number of nitrogens with zero attached hydrogens (tertiary/aromatic N) is 4. The van der Waals surface area contributed by atoms with Gasteiger partial charge in [-0.2, -0.15) is 16.3 Å². The van der Waals surface area contributed by atoms with Gasteiger partial charge in [0, 0.05) is 39.1 Å². The van der Waals surface area contributed by atoms with E-state index in [1.165, 1.54) is 18.1 Å². The van der Waals surface area contributed by atoms with Crippen molar-refractivity contribution in [3.63, 3.8) is 0 Å². The molecule has 0 amide bonds. The van der Waals surface area contributed by atoms with Gasteiger partial charge < -0.3 is 9.64 Å². The molecule has 0 unspecified atom stereocenters. The second-order valence-electron chi connectivity index (χ2n) is 7.93. The minimum absolute atomic E-state index is 0.206. The second-order valence-corrected chi connectivity index (χ2v) is 8.71. The van der Waals surface area contributed by atoms with Crippen LogP contribution < -0.4 is 9.64 Å². The molecule has 30 heavy (non-hydrogen) atoms. The Labute approximate surface area is 180 Å². The molecule has 2 aliphatic rings. The molecule has 1 fully saturated rings. The van der Waals surface area contributed by atoms with Crippen LogP contribution in [-0.2, 0) is 19.5 Å².